The summed E-state index contributed by atoms with van der Waals surface area (Å²) in [6, 6.07) is 1.85. The molecule has 2 aromatic heterocycles. The molecule has 2 N–H and O–H groups in total. The lowest BCUT2D eigenvalue weighted by Crippen LogP contribution is -2.46. The minimum Gasteiger partial charge on any atom is -0.377 e. The molecule has 30 heavy (non-hydrogen) atoms. The van der Waals surface area contributed by atoms with Crippen molar-refractivity contribution in [3.05, 3.63) is 18.0 Å². The average Bonchev–Trinajstić information content (AvgIpc) is 2.74. The molecule has 11 heteroatoms. The summed E-state index contributed by atoms with van der Waals surface area (Å²) in [5.74, 6) is 0.919. The normalized spacial score (nSPS) is 22.6. The average molecular weight is 421 g/mol. The lowest BCUT2D eigenvalue weighted by atomic mass is 10.1. The van der Waals surface area contributed by atoms with E-state index in [1.54, 1.807) is 6.07 Å². The minimum absolute atomic E-state index is 0.0567. The monoisotopic (exact) mass is 421 g/mol. The minimum atomic E-state index is -2.81. The summed E-state index contributed by atoms with van der Waals surface area (Å²) in [6.45, 7) is 7.55. The molecule has 9 nitrogen and oxygen atoms in total. The molecule has 0 spiro atoms. The third kappa shape index (κ3) is 4.12. The Bertz CT molecular complexity index is 861. The van der Waals surface area contributed by atoms with E-state index in [1.807, 2.05) is 18.7 Å². The first kappa shape index (κ1) is 20.6. The highest BCUT2D eigenvalue weighted by molar-refractivity contribution is 5.67. The van der Waals surface area contributed by atoms with Gasteiger partial charge in [-0.3, -0.25) is 0 Å². The van der Waals surface area contributed by atoms with Gasteiger partial charge in [0.1, 0.15) is 11.5 Å². The molecule has 2 saturated heterocycles. The fourth-order valence-corrected chi connectivity index (χ4v) is 3.70. The second kappa shape index (κ2) is 8.60. The second-order valence-corrected chi connectivity index (χ2v) is 7.47. The van der Waals surface area contributed by atoms with Gasteiger partial charge in [0.2, 0.25) is 11.9 Å². The van der Waals surface area contributed by atoms with Crippen LogP contribution in [-0.2, 0) is 9.47 Å². The highest BCUT2D eigenvalue weighted by Gasteiger charge is 2.27. The Morgan fingerprint density at radius 1 is 1.03 bits per heavy atom. The van der Waals surface area contributed by atoms with Gasteiger partial charge < -0.3 is 25.0 Å². The van der Waals surface area contributed by atoms with Crippen molar-refractivity contribution >= 4 is 17.7 Å². The van der Waals surface area contributed by atoms with Gasteiger partial charge in [0.25, 0.3) is 6.43 Å². The lowest BCUT2D eigenvalue weighted by molar-refractivity contribution is 0.0972. The van der Waals surface area contributed by atoms with E-state index in [9.17, 15) is 8.78 Å². The maximum Gasteiger partial charge on any atom is 0.281 e. The van der Waals surface area contributed by atoms with Gasteiger partial charge in [0, 0.05) is 30.9 Å². The SMILES string of the molecule is C[C@H]1COCCN1c1cc(-c2cnc(N)nc2C(F)F)nc(N2CCOC[C@@H]2C)n1. The summed E-state index contributed by atoms with van der Waals surface area (Å²) in [6.07, 6.45) is -1.51. The van der Waals surface area contributed by atoms with Crippen molar-refractivity contribution in [2.45, 2.75) is 32.4 Å². The number of anilines is 3. The van der Waals surface area contributed by atoms with Gasteiger partial charge in [-0.2, -0.15) is 4.98 Å². The number of morpholine rings is 2. The zero-order chi connectivity index (χ0) is 21.3. The molecular weight excluding hydrogens is 396 g/mol. The molecule has 0 aromatic carbocycles. The molecule has 162 valence electrons. The van der Waals surface area contributed by atoms with E-state index in [0.717, 1.165) is 0 Å². The molecule has 0 bridgehead atoms. The quantitative estimate of drug-likeness (QED) is 0.793. The summed E-state index contributed by atoms with van der Waals surface area (Å²) in [5, 5.41) is 0. The Balaban J connectivity index is 1.84. The molecule has 0 radical (unpaired) electrons. The van der Waals surface area contributed by atoms with Crippen LogP contribution in [0.5, 0.6) is 0 Å². The zero-order valence-corrected chi connectivity index (χ0v) is 17.0. The molecular formula is C19H25F2N7O2. The van der Waals surface area contributed by atoms with Crippen molar-refractivity contribution < 1.29 is 18.3 Å². The fraction of sp³-hybridized carbons (Fsp3) is 0.579. The van der Waals surface area contributed by atoms with Crippen molar-refractivity contribution in [1.82, 2.24) is 19.9 Å². The third-order valence-corrected chi connectivity index (χ3v) is 5.31. The van der Waals surface area contributed by atoms with Crippen molar-refractivity contribution in [1.29, 1.82) is 0 Å². The van der Waals surface area contributed by atoms with Crippen molar-refractivity contribution in [2.75, 3.05) is 55.1 Å². The van der Waals surface area contributed by atoms with Crippen LogP contribution in [-0.4, -0.2) is 71.5 Å². The summed E-state index contributed by atoms with van der Waals surface area (Å²) in [4.78, 5) is 21.2. The van der Waals surface area contributed by atoms with Crippen LogP contribution in [0.2, 0.25) is 0 Å². The van der Waals surface area contributed by atoms with Crippen molar-refractivity contribution in [2.24, 2.45) is 0 Å². The maximum atomic E-state index is 13.7. The molecule has 2 atom stereocenters. The first-order chi connectivity index (χ1) is 14.4. The van der Waals surface area contributed by atoms with Crippen LogP contribution in [0.15, 0.2) is 12.3 Å². The van der Waals surface area contributed by atoms with E-state index in [-0.39, 0.29) is 23.6 Å². The standard InChI is InChI=1S/C19H25F2N7O2/c1-11-9-29-5-3-27(11)15-7-14(13-8-23-18(22)26-16(13)17(20)21)24-19(25-15)28-4-6-30-10-12(28)2/h7-8,11-12,17H,3-6,9-10H2,1-2H3,(H2,22,23,26)/t11-,12-/m0/s1. The molecule has 4 rings (SSSR count). The Hall–Kier alpha value is -2.66. The summed E-state index contributed by atoms with van der Waals surface area (Å²) < 4.78 is 38.4. The first-order valence-corrected chi connectivity index (χ1v) is 9.93. The third-order valence-electron chi connectivity index (χ3n) is 5.31. The van der Waals surface area contributed by atoms with Gasteiger partial charge in [-0.1, -0.05) is 0 Å². The molecule has 2 aromatic rings. The Kier molecular flexibility index (Phi) is 5.91. The second-order valence-electron chi connectivity index (χ2n) is 7.47. The van der Waals surface area contributed by atoms with E-state index in [1.165, 1.54) is 6.20 Å². The highest BCUT2D eigenvalue weighted by atomic mass is 19.3. The number of nitrogens with two attached hydrogens (primary N) is 1. The van der Waals surface area contributed by atoms with Crippen molar-refractivity contribution in [3.8, 4) is 11.3 Å². The largest absolute Gasteiger partial charge is 0.377 e. The molecule has 2 fully saturated rings. The van der Waals surface area contributed by atoms with Gasteiger partial charge in [-0.15, -0.1) is 0 Å². The van der Waals surface area contributed by atoms with Crippen LogP contribution in [0.3, 0.4) is 0 Å². The predicted octanol–water partition coefficient (Wildman–Crippen LogP) is 1.90. The van der Waals surface area contributed by atoms with Crippen LogP contribution < -0.4 is 15.5 Å². The number of halogens is 2. The number of alkyl halides is 2. The van der Waals surface area contributed by atoms with Crippen LogP contribution in [0, 0.1) is 0 Å². The van der Waals surface area contributed by atoms with Crippen LogP contribution >= 0.6 is 0 Å². The van der Waals surface area contributed by atoms with E-state index in [4.69, 9.17) is 20.2 Å². The number of rotatable bonds is 4. The van der Waals surface area contributed by atoms with Gasteiger partial charge >= 0.3 is 0 Å². The van der Waals surface area contributed by atoms with E-state index in [0.29, 0.717) is 57.0 Å². The number of hydrogen-bond donors (Lipinski definition) is 1. The Morgan fingerprint density at radius 3 is 2.33 bits per heavy atom. The maximum absolute atomic E-state index is 13.7. The number of ether oxygens (including phenoxy) is 2. The lowest BCUT2D eigenvalue weighted by Gasteiger charge is -2.37. The molecule has 4 heterocycles. The molecule has 0 aliphatic carbocycles. The van der Waals surface area contributed by atoms with Crippen LogP contribution in [0.1, 0.15) is 26.0 Å². The number of nitrogen functional groups attached to an aromatic ring is 1. The summed E-state index contributed by atoms with van der Waals surface area (Å²) in [7, 11) is 0. The predicted molar refractivity (Wildman–Crippen MR) is 108 cm³/mol. The van der Waals surface area contributed by atoms with E-state index >= 15 is 0 Å². The molecule has 2 aliphatic rings. The van der Waals surface area contributed by atoms with Crippen molar-refractivity contribution in [3.63, 3.8) is 0 Å². The Labute approximate surface area is 173 Å². The zero-order valence-electron chi connectivity index (χ0n) is 17.0. The van der Waals surface area contributed by atoms with E-state index in [2.05, 4.69) is 19.9 Å². The summed E-state index contributed by atoms with van der Waals surface area (Å²) in [5.41, 5.74) is 5.58. The van der Waals surface area contributed by atoms with Crippen LogP contribution in [0.25, 0.3) is 11.3 Å². The smallest absolute Gasteiger partial charge is 0.281 e. The van der Waals surface area contributed by atoms with Gasteiger partial charge in [0.15, 0.2) is 0 Å². The molecule has 0 amide bonds. The fourth-order valence-electron chi connectivity index (χ4n) is 3.70. The topological polar surface area (TPSA) is 103 Å². The number of aromatic nitrogens is 4. The number of hydrogen-bond acceptors (Lipinski definition) is 9. The van der Waals surface area contributed by atoms with Gasteiger partial charge in [-0.05, 0) is 13.8 Å². The highest BCUT2D eigenvalue weighted by Crippen LogP contribution is 2.32. The Morgan fingerprint density at radius 2 is 1.70 bits per heavy atom. The summed E-state index contributed by atoms with van der Waals surface area (Å²) >= 11 is 0. The molecule has 0 unspecified atom stereocenters. The number of nitrogens with zero attached hydrogens (tertiary/aromatic N) is 6. The van der Waals surface area contributed by atoms with Crippen LogP contribution in [0.4, 0.5) is 26.5 Å². The van der Waals surface area contributed by atoms with Gasteiger partial charge in [0.05, 0.1) is 44.2 Å². The first-order valence-electron chi connectivity index (χ1n) is 9.93. The molecule has 0 saturated carbocycles. The van der Waals surface area contributed by atoms with E-state index < -0.39 is 12.1 Å². The molecule has 2 aliphatic heterocycles. The van der Waals surface area contributed by atoms with Gasteiger partial charge in [-0.25, -0.2) is 23.7 Å².